The Kier molecular flexibility index (Phi) is 5.55. The number of imidazole rings is 1. The number of carboxylic acid groups (broad SMARTS) is 1. The summed E-state index contributed by atoms with van der Waals surface area (Å²) in [6.07, 6.45) is 6.17. The molecular formula is C18H22N4O3. The van der Waals surface area contributed by atoms with Crippen LogP contribution in [0.15, 0.2) is 24.5 Å². The molecule has 0 bridgehead atoms. The van der Waals surface area contributed by atoms with E-state index >= 15 is 0 Å². The van der Waals surface area contributed by atoms with Gasteiger partial charge in [-0.2, -0.15) is 0 Å². The summed E-state index contributed by atoms with van der Waals surface area (Å²) in [4.78, 5) is 24.2. The van der Waals surface area contributed by atoms with Gasteiger partial charge in [0, 0.05) is 25.8 Å². The van der Waals surface area contributed by atoms with Crippen LogP contribution < -0.4 is 0 Å². The number of aliphatic carboxylic acids is 1. The Balaban J connectivity index is 1.91. The molecule has 1 N–H and O–H groups in total. The van der Waals surface area contributed by atoms with Crippen LogP contribution in [0.25, 0.3) is 22.1 Å². The van der Waals surface area contributed by atoms with Crippen molar-refractivity contribution < 1.29 is 14.6 Å². The van der Waals surface area contributed by atoms with Crippen molar-refractivity contribution in [2.75, 3.05) is 6.61 Å². The molecule has 0 fully saturated rings. The van der Waals surface area contributed by atoms with Crippen molar-refractivity contribution in [2.24, 2.45) is 0 Å². The van der Waals surface area contributed by atoms with Gasteiger partial charge in [0.25, 0.3) is 0 Å². The van der Waals surface area contributed by atoms with E-state index in [2.05, 4.69) is 19.5 Å². The molecule has 0 saturated heterocycles. The fourth-order valence-electron chi connectivity index (χ4n) is 2.94. The molecule has 0 radical (unpaired) electrons. The molecule has 132 valence electrons. The van der Waals surface area contributed by atoms with Crippen molar-refractivity contribution >= 4 is 28.0 Å². The number of fused-ring (bicyclic) bond motifs is 3. The zero-order chi connectivity index (χ0) is 17.6. The van der Waals surface area contributed by atoms with Gasteiger partial charge in [-0.05, 0) is 31.9 Å². The number of hydrogen-bond donors (Lipinski definition) is 1. The van der Waals surface area contributed by atoms with Gasteiger partial charge in [-0.25, -0.2) is 4.98 Å². The third kappa shape index (κ3) is 3.93. The lowest BCUT2D eigenvalue weighted by atomic mass is 10.2. The van der Waals surface area contributed by atoms with Crippen molar-refractivity contribution in [3.05, 3.63) is 30.4 Å². The molecule has 0 aliphatic heterocycles. The number of hydrogen-bond acceptors (Lipinski definition) is 5. The lowest BCUT2D eigenvalue weighted by Crippen LogP contribution is -2.07. The average Bonchev–Trinajstić information content (AvgIpc) is 2.97. The van der Waals surface area contributed by atoms with Crippen LogP contribution in [0.5, 0.6) is 0 Å². The second-order valence-electron chi connectivity index (χ2n) is 5.88. The number of rotatable bonds is 9. The van der Waals surface area contributed by atoms with E-state index in [1.54, 1.807) is 12.4 Å². The molecule has 7 nitrogen and oxygen atoms in total. The lowest BCUT2D eigenvalue weighted by Gasteiger charge is -2.10. The predicted molar refractivity (Wildman–Crippen MR) is 94.3 cm³/mol. The number of nitrogens with zero attached hydrogens (tertiary/aromatic N) is 4. The molecule has 0 aromatic carbocycles. The molecule has 3 rings (SSSR count). The van der Waals surface area contributed by atoms with Crippen LogP contribution in [-0.4, -0.2) is 37.2 Å². The molecule has 3 aromatic rings. The van der Waals surface area contributed by atoms with E-state index in [1.807, 2.05) is 19.1 Å². The first-order valence-electron chi connectivity index (χ1n) is 8.59. The third-order valence-corrected chi connectivity index (χ3v) is 4.12. The monoisotopic (exact) mass is 342 g/mol. The van der Waals surface area contributed by atoms with E-state index in [9.17, 15) is 4.79 Å². The maximum Gasteiger partial charge on any atom is 0.303 e. The van der Waals surface area contributed by atoms with E-state index in [1.165, 1.54) is 0 Å². The van der Waals surface area contributed by atoms with Gasteiger partial charge in [0.15, 0.2) is 0 Å². The zero-order valence-electron chi connectivity index (χ0n) is 14.3. The van der Waals surface area contributed by atoms with E-state index in [0.717, 1.165) is 47.3 Å². The Hall–Kier alpha value is -2.54. The summed E-state index contributed by atoms with van der Waals surface area (Å²) in [6.45, 7) is 3.78. The standard InChI is InChI=1S/C18H22N4O3/c1-2-25-12-15-21-14-11-20-13-7-6-9-19-17(13)18(14)22(15)10-5-3-4-8-16(23)24/h6-7,9,11H,2-5,8,10,12H2,1H3,(H,23,24). The summed E-state index contributed by atoms with van der Waals surface area (Å²) < 4.78 is 7.70. The molecule has 0 saturated carbocycles. The van der Waals surface area contributed by atoms with Gasteiger partial charge in [-0.15, -0.1) is 0 Å². The smallest absolute Gasteiger partial charge is 0.303 e. The van der Waals surface area contributed by atoms with Crippen LogP contribution in [0, 0.1) is 0 Å². The van der Waals surface area contributed by atoms with Gasteiger partial charge in [-0.1, -0.05) is 6.42 Å². The average molecular weight is 342 g/mol. The van der Waals surface area contributed by atoms with Crippen LogP contribution in [0.2, 0.25) is 0 Å². The zero-order valence-corrected chi connectivity index (χ0v) is 14.3. The molecule has 7 heteroatoms. The molecule has 0 spiro atoms. The Morgan fingerprint density at radius 2 is 2.12 bits per heavy atom. The molecule has 3 aromatic heterocycles. The van der Waals surface area contributed by atoms with Gasteiger partial charge in [0.1, 0.15) is 23.5 Å². The first-order valence-corrected chi connectivity index (χ1v) is 8.59. The normalized spacial score (nSPS) is 11.4. The third-order valence-electron chi connectivity index (χ3n) is 4.12. The minimum absolute atomic E-state index is 0.213. The van der Waals surface area contributed by atoms with Gasteiger partial charge >= 0.3 is 5.97 Å². The maximum absolute atomic E-state index is 10.6. The fraction of sp³-hybridized carbons (Fsp3) is 0.444. The predicted octanol–water partition coefficient (Wildman–Crippen LogP) is 3.16. The Morgan fingerprint density at radius 1 is 1.24 bits per heavy atom. The Labute approximate surface area is 145 Å². The minimum atomic E-state index is -0.744. The first kappa shape index (κ1) is 17.3. The van der Waals surface area contributed by atoms with Crippen LogP contribution in [0.1, 0.15) is 38.4 Å². The molecule has 0 aliphatic rings. The Morgan fingerprint density at radius 3 is 2.92 bits per heavy atom. The lowest BCUT2D eigenvalue weighted by molar-refractivity contribution is -0.137. The van der Waals surface area contributed by atoms with Crippen molar-refractivity contribution in [3.63, 3.8) is 0 Å². The van der Waals surface area contributed by atoms with Gasteiger partial charge in [0.2, 0.25) is 0 Å². The highest BCUT2D eigenvalue weighted by molar-refractivity contribution is 5.99. The van der Waals surface area contributed by atoms with Crippen LogP contribution >= 0.6 is 0 Å². The summed E-state index contributed by atoms with van der Waals surface area (Å²) in [5.74, 6) is 0.112. The highest BCUT2D eigenvalue weighted by atomic mass is 16.5. The van der Waals surface area contributed by atoms with Crippen molar-refractivity contribution in [3.8, 4) is 0 Å². The quantitative estimate of drug-likeness (QED) is 0.601. The first-order chi connectivity index (χ1) is 12.2. The maximum atomic E-state index is 10.6. The number of carboxylic acids is 1. The number of aryl methyl sites for hydroxylation is 1. The van der Waals surface area contributed by atoms with Crippen molar-refractivity contribution in [1.29, 1.82) is 0 Å². The summed E-state index contributed by atoms with van der Waals surface area (Å²) in [5, 5.41) is 8.75. The van der Waals surface area contributed by atoms with Gasteiger partial charge in [0.05, 0.1) is 17.2 Å². The van der Waals surface area contributed by atoms with E-state index in [0.29, 0.717) is 19.6 Å². The molecule has 25 heavy (non-hydrogen) atoms. The minimum Gasteiger partial charge on any atom is -0.481 e. The second-order valence-corrected chi connectivity index (χ2v) is 5.88. The molecule has 3 heterocycles. The molecule has 0 amide bonds. The highest BCUT2D eigenvalue weighted by Gasteiger charge is 2.15. The number of aromatic nitrogens is 4. The van der Waals surface area contributed by atoms with Crippen LogP contribution in [0.3, 0.4) is 0 Å². The Bertz CT molecular complexity index is 875. The fourth-order valence-corrected chi connectivity index (χ4v) is 2.94. The van der Waals surface area contributed by atoms with Crippen molar-refractivity contribution in [1.82, 2.24) is 19.5 Å². The van der Waals surface area contributed by atoms with Gasteiger partial charge < -0.3 is 14.4 Å². The number of carbonyl (C=O) groups is 1. The SMILES string of the molecule is CCOCc1nc2cnc3cccnc3c2n1CCCCCC(=O)O. The van der Waals surface area contributed by atoms with Crippen LogP contribution in [0.4, 0.5) is 0 Å². The number of unbranched alkanes of at least 4 members (excludes halogenated alkanes) is 2. The summed E-state index contributed by atoms with van der Waals surface area (Å²) in [6, 6.07) is 3.81. The molecule has 0 atom stereocenters. The van der Waals surface area contributed by atoms with Gasteiger partial charge in [-0.3, -0.25) is 14.8 Å². The molecule has 0 aliphatic carbocycles. The van der Waals surface area contributed by atoms with E-state index in [-0.39, 0.29) is 6.42 Å². The summed E-state index contributed by atoms with van der Waals surface area (Å²) in [5.41, 5.74) is 3.45. The second kappa shape index (κ2) is 8.02. The number of pyridine rings is 2. The van der Waals surface area contributed by atoms with E-state index in [4.69, 9.17) is 9.84 Å². The number of ether oxygens (including phenoxy) is 1. The van der Waals surface area contributed by atoms with E-state index < -0.39 is 5.97 Å². The molecular weight excluding hydrogens is 320 g/mol. The topological polar surface area (TPSA) is 90.1 Å². The summed E-state index contributed by atoms with van der Waals surface area (Å²) in [7, 11) is 0. The highest BCUT2D eigenvalue weighted by Crippen LogP contribution is 2.24. The van der Waals surface area contributed by atoms with Crippen LogP contribution in [-0.2, 0) is 22.7 Å². The van der Waals surface area contributed by atoms with Crippen molar-refractivity contribution in [2.45, 2.75) is 45.8 Å². The largest absolute Gasteiger partial charge is 0.481 e. The summed E-state index contributed by atoms with van der Waals surface area (Å²) >= 11 is 0. The molecule has 0 unspecified atom stereocenters.